The van der Waals surface area contributed by atoms with Crippen LogP contribution in [0.2, 0.25) is 0 Å². The second-order valence-electron chi connectivity index (χ2n) is 5.40. The maximum Gasteiger partial charge on any atom is 0.259 e. The summed E-state index contributed by atoms with van der Waals surface area (Å²) in [5.41, 5.74) is 1.71. The van der Waals surface area contributed by atoms with Crippen LogP contribution >= 0.6 is 0 Å². The lowest BCUT2D eigenvalue weighted by atomic mass is 10.1. The molecule has 0 fully saturated rings. The molecule has 3 aromatic rings. The van der Waals surface area contributed by atoms with E-state index < -0.39 is 0 Å². The van der Waals surface area contributed by atoms with Gasteiger partial charge in [-0.2, -0.15) is 0 Å². The molecule has 0 bridgehead atoms. The van der Waals surface area contributed by atoms with Crippen molar-refractivity contribution in [3.05, 3.63) is 84.2 Å². The SMILES string of the molecule is COc1ccccc1C(=O)Nc1ccccc1C(=O)Nc1cccnc1. The average molecular weight is 347 g/mol. The van der Waals surface area contributed by atoms with Gasteiger partial charge in [0.05, 0.1) is 35.8 Å². The molecule has 2 N–H and O–H groups in total. The van der Waals surface area contributed by atoms with E-state index in [1.54, 1.807) is 73.1 Å². The van der Waals surface area contributed by atoms with Crippen molar-refractivity contribution in [3.63, 3.8) is 0 Å². The van der Waals surface area contributed by atoms with Crippen LogP contribution in [0.25, 0.3) is 0 Å². The fourth-order valence-electron chi connectivity index (χ4n) is 2.45. The fraction of sp³-hybridized carbons (Fsp3) is 0.0500. The van der Waals surface area contributed by atoms with E-state index in [2.05, 4.69) is 15.6 Å². The molecule has 2 amide bonds. The van der Waals surface area contributed by atoms with Crippen LogP contribution in [0.5, 0.6) is 5.75 Å². The minimum absolute atomic E-state index is 0.339. The molecular weight excluding hydrogens is 330 g/mol. The summed E-state index contributed by atoms with van der Waals surface area (Å²) in [6.45, 7) is 0. The number of carbonyl (C=O) groups excluding carboxylic acids is 2. The molecule has 0 atom stereocenters. The molecule has 1 aromatic heterocycles. The molecule has 3 rings (SSSR count). The van der Waals surface area contributed by atoms with Gasteiger partial charge in [-0.1, -0.05) is 24.3 Å². The van der Waals surface area contributed by atoms with Crippen LogP contribution in [-0.2, 0) is 0 Å². The number of hydrogen-bond acceptors (Lipinski definition) is 4. The zero-order valence-electron chi connectivity index (χ0n) is 14.1. The number of benzene rings is 2. The van der Waals surface area contributed by atoms with E-state index in [9.17, 15) is 9.59 Å². The van der Waals surface area contributed by atoms with Gasteiger partial charge >= 0.3 is 0 Å². The van der Waals surface area contributed by atoms with Crippen molar-refractivity contribution in [1.29, 1.82) is 0 Å². The number of amides is 2. The van der Waals surface area contributed by atoms with Crippen LogP contribution in [0, 0.1) is 0 Å². The smallest absolute Gasteiger partial charge is 0.259 e. The monoisotopic (exact) mass is 347 g/mol. The van der Waals surface area contributed by atoms with Crippen LogP contribution in [0.1, 0.15) is 20.7 Å². The predicted octanol–water partition coefficient (Wildman–Crippen LogP) is 3.59. The number of anilines is 2. The highest BCUT2D eigenvalue weighted by atomic mass is 16.5. The van der Waals surface area contributed by atoms with Crippen molar-refractivity contribution in [3.8, 4) is 5.75 Å². The summed E-state index contributed by atoms with van der Waals surface area (Å²) in [6, 6.07) is 17.2. The second kappa shape index (κ2) is 7.94. The summed E-state index contributed by atoms with van der Waals surface area (Å²) < 4.78 is 5.21. The van der Waals surface area contributed by atoms with Crippen LogP contribution < -0.4 is 15.4 Å². The van der Waals surface area contributed by atoms with E-state index in [0.717, 1.165) is 0 Å². The summed E-state index contributed by atoms with van der Waals surface area (Å²) in [5.74, 6) is -0.236. The molecule has 6 heteroatoms. The lowest BCUT2D eigenvalue weighted by molar-refractivity contribution is 0.102. The third kappa shape index (κ3) is 3.87. The van der Waals surface area contributed by atoms with Crippen LogP contribution in [0.15, 0.2) is 73.1 Å². The van der Waals surface area contributed by atoms with Crippen LogP contribution in [0.4, 0.5) is 11.4 Å². The second-order valence-corrected chi connectivity index (χ2v) is 5.40. The van der Waals surface area contributed by atoms with Crippen molar-refractivity contribution >= 4 is 23.2 Å². The van der Waals surface area contributed by atoms with E-state index in [1.807, 2.05) is 0 Å². The molecular formula is C20H17N3O3. The standard InChI is InChI=1S/C20H17N3O3/c1-26-18-11-5-3-9-16(18)20(25)23-17-10-4-2-8-15(17)19(24)22-14-7-6-12-21-13-14/h2-13H,1H3,(H,22,24)(H,23,25). The van der Waals surface area contributed by atoms with Crippen LogP contribution in [-0.4, -0.2) is 23.9 Å². The third-order valence-corrected chi connectivity index (χ3v) is 3.69. The molecule has 0 aliphatic rings. The zero-order chi connectivity index (χ0) is 18.4. The Labute approximate surface area is 150 Å². The van der Waals surface area contributed by atoms with Gasteiger partial charge in [-0.25, -0.2) is 0 Å². The number of methoxy groups -OCH3 is 1. The van der Waals surface area contributed by atoms with Crippen LogP contribution in [0.3, 0.4) is 0 Å². The van der Waals surface area contributed by atoms with Gasteiger partial charge in [0, 0.05) is 6.20 Å². The summed E-state index contributed by atoms with van der Waals surface area (Å²) in [5, 5.41) is 5.53. The predicted molar refractivity (Wildman–Crippen MR) is 99.6 cm³/mol. The Morgan fingerprint density at radius 2 is 1.54 bits per heavy atom. The van der Waals surface area contributed by atoms with Gasteiger partial charge in [-0.15, -0.1) is 0 Å². The maximum absolute atomic E-state index is 12.6. The minimum atomic E-state index is -0.357. The highest BCUT2D eigenvalue weighted by Crippen LogP contribution is 2.22. The Hall–Kier alpha value is -3.67. The lowest BCUT2D eigenvalue weighted by Crippen LogP contribution is -2.18. The number of aromatic nitrogens is 1. The molecule has 6 nitrogen and oxygen atoms in total. The van der Waals surface area contributed by atoms with E-state index >= 15 is 0 Å². The molecule has 0 aliphatic heterocycles. The average Bonchev–Trinajstić information content (AvgIpc) is 2.69. The minimum Gasteiger partial charge on any atom is -0.496 e. The quantitative estimate of drug-likeness (QED) is 0.739. The molecule has 0 aliphatic carbocycles. The number of pyridine rings is 1. The molecule has 0 unspecified atom stereocenters. The molecule has 1 heterocycles. The van der Waals surface area contributed by atoms with Gasteiger partial charge in [-0.05, 0) is 36.4 Å². The van der Waals surface area contributed by atoms with Crippen molar-refractivity contribution in [2.24, 2.45) is 0 Å². The van der Waals surface area contributed by atoms with Gasteiger partial charge in [0.25, 0.3) is 11.8 Å². The molecule has 26 heavy (non-hydrogen) atoms. The third-order valence-electron chi connectivity index (χ3n) is 3.69. The molecule has 130 valence electrons. The van der Waals surface area contributed by atoms with Crippen molar-refractivity contribution in [2.45, 2.75) is 0 Å². The van der Waals surface area contributed by atoms with Gasteiger partial charge in [0.2, 0.25) is 0 Å². The lowest BCUT2D eigenvalue weighted by Gasteiger charge is -2.12. The Morgan fingerprint density at radius 3 is 2.27 bits per heavy atom. The summed E-state index contributed by atoms with van der Waals surface area (Å²) in [6.07, 6.45) is 3.17. The van der Waals surface area contributed by atoms with E-state index in [-0.39, 0.29) is 11.8 Å². The van der Waals surface area contributed by atoms with Gasteiger partial charge in [-0.3, -0.25) is 14.6 Å². The fourth-order valence-corrected chi connectivity index (χ4v) is 2.45. The van der Waals surface area contributed by atoms with Gasteiger partial charge in [0.1, 0.15) is 5.75 Å². The number of rotatable bonds is 5. The Morgan fingerprint density at radius 1 is 0.846 bits per heavy atom. The molecule has 2 aromatic carbocycles. The van der Waals surface area contributed by atoms with Crippen molar-refractivity contribution in [1.82, 2.24) is 4.98 Å². The number of ether oxygens (including phenoxy) is 1. The van der Waals surface area contributed by atoms with Gasteiger partial charge < -0.3 is 15.4 Å². The summed E-state index contributed by atoms with van der Waals surface area (Å²) in [7, 11) is 1.50. The number of hydrogen-bond donors (Lipinski definition) is 2. The number of nitrogens with zero attached hydrogens (tertiary/aromatic N) is 1. The van der Waals surface area contributed by atoms with Gasteiger partial charge in [0.15, 0.2) is 0 Å². The topological polar surface area (TPSA) is 80.3 Å². The highest BCUT2D eigenvalue weighted by molar-refractivity contribution is 6.13. The Balaban J connectivity index is 1.83. The summed E-state index contributed by atoms with van der Waals surface area (Å²) in [4.78, 5) is 29.1. The van der Waals surface area contributed by atoms with E-state index in [0.29, 0.717) is 28.3 Å². The maximum atomic E-state index is 12.6. The Kier molecular flexibility index (Phi) is 5.24. The largest absolute Gasteiger partial charge is 0.496 e. The van der Waals surface area contributed by atoms with E-state index in [1.165, 1.54) is 7.11 Å². The summed E-state index contributed by atoms with van der Waals surface area (Å²) >= 11 is 0. The first-order chi connectivity index (χ1) is 12.7. The number of carbonyl (C=O) groups is 2. The first kappa shape index (κ1) is 17.2. The Bertz CT molecular complexity index is 926. The molecule has 0 spiro atoms. The first-order valence-electron chi connectivity index (χ1n) is 7.94. The molecule has 0 radical (unpaired) electrons. The highest BCUT2D eigenvalue weighted by Gasteiger charge is 2.16. The van der Waals surface area contributed by atoms with Crippen molar-refractivity contribution in [2.75, 3.05) is 17.7 Å². The normalized spacial score (nSPS) is 10.0. The zero-order valence-corrected chi connectivity index (χ0v) is 14.1. The first-order valence-corrected chi connectivity index (χ1v) is 7.94. The number of nitrogens with one attached hydrogen (secondary N) is 2. The van der Waals surface area contributed by atoms with Crippen molar-refractivity contribution < 1.29 is 14.3 Å². The number of para-hydroxylation sites is 2. The van der Waals surface area contributed by atoms with E-state index in [4.69, 9.17) is 4.74 Å². The molecule has 0 saturated carbocycles. The molecule has 0 saturated heterocycles.